The van der Waals surface area contributed by atoms with Crippen molar-refractivity contribution in [3.8, 4) is 44.5 Å². The molecule has 0 unspecified atom stereocenters. The molecule has 258 valence electrons. The maximum atomic E-state index is 2.41. The van der Waals surface area contributed by atoms with Crippen molar-refractivity contribution in [2.24, 2.45) is 0 Å². The van der Waals surface area contributed by atoms with Crippen LogP contribution in [-0.4, -0.2) is 0 Å². The second-order valence-electron chi connectivity index (χ2n) is 14.1. The quantitative estimate of drug-likeness (QED) is 0.150. The summed E-state index contributed by atoms with van der Waals surface area (Å²) in [5.41, 5.74) is 13.0. The second-order valence-corrected chi connectivity index (χ2v) is 14.1. The summed E-state index contributed by atoms with van der Waals surface area (Å²) in [6.07, 6.45) is 0. The molecule has 10 aromatic rings. The standard InChI is InChI=1S/C54H37N/c1-2-13-38(14-3-1)39-25-27-40(28-26-39)41-29-33-45(34-30-41)55(46-35-31-43(32-36-46)48-23-12-17-42-15-4-6-18-47(42)48)54-24-11-10-22-52(54)53-37-44-16-5-7-19-49(44)50-20-8-9-21-51(50)53/h1-37H. The molecule has 0 saturated carbocycles. The predicted molar refractivity (Wildman–Crippen MR) is 235 cm³/mol. The molecular formula is C54H37N. The zero-order valence-corrected chi connectivity index (χ0v) is 30.3. The van der Waals surface area contributed by atoms with Crippen molar-refractivity contribution in [1.29, 1.82) is 0 Å². The summed E-state index contributed by atoms with van der Waals surface area (Å²) in [6.45, 7) is 0. The molecule has 0 heterocycles. The molecule has 0 saturated heterocycles. The number of hydrogen-bond donors (Lipinski definition) is 0. The van der Waals surface area contributed by atoms with Crippen LogP contribution in [0.15, 0.2) is 224 Å². The Morgan fingerprint density at radius 3 is 1.38 bits per heavy atom. The normalized spacial score (nSPS) is 11.3. The molecule has 10 rings (SSSR count). The molecule has 55 heavy (non-hydrogen) atoms. The Bertz CT molecular complexity index is 2940. The number of para-hydroxylation sites is 1. The van der Waals surface area contributed by atoms with E-state index < -0.39 is 0 Å². The Kier molecular flexibility index (Phi) is 8.24. The van der Waals surface area contributed by atoms with Crippen molar-refractivity contribution >= 4 is 49.4 Å². The van der Waals surface area contributed by atoms with Gasteiger partial charge in [-0.05, 0) is 108 Å². The van der Waals surface area contributed by atoms with E-state index >= 15 is 0 Å². The fraction of sp³-hybridized carbons (Fsp3) is 0. The van der Waals surface area contributed by atoms with Crippen LogP contribution in [0.5, 0.6) is 0 Å². The topological polar surface area (TPSA) is 3.24 Å². The predicted octanol–water partition coefficient (Wildman–Crippen LogP) is 15.3. The first-order valence-electron chi connectivity index (χ1n) is 18.9. The third-order valence-electron chi connectivity index (χ3n) is 10.9. The first kappa shape index (κ1) is 32.4. The van der Waals surface area contributed by atoms with Crippen LogP contribution in [0.2, 0.25) is 0 Å². The lowest BCUT2D eigenvalue weighted by atomic mass is 9.92. The van der Waals surface area contributed by atoms with Gasteiger partial charge in [0.1, 0.15) is 0 Å². The molecule has 0 bridgehead atoms. The Hall–Kier alpha value is -7.22. The molecule has 1 heteroatoms. The van der Waals surface area contributed by atoms with E-state index in [4.69, 9.17) is 0 Å². The van der Waals surface area contributed by atoms with E-state index in [-0.39, 0.29) is 0 Å². The zero-order chi connectivity index (χ0) is 36.6. The highest BCUT2D eigenvalue weighted by Gasteiger charge is 2.20. The maximum absolute atomic E-state index is 2.41. The molecule has 1 nitrogen and oxygen atoms in total. The van der Waals surface area contributed by atoms with Crippen molar-refractivity contribution in [3.63, 3.8) is 0 Å². The molecule has 0 aromatic heterocycles. The van der Waals surface area contributed by atoms with Gasteiger partial charge in [-0.1, -0.05) is 188 Å². The Labute approximate surface area is 322 Å². The van der Waals surface area contributed by atoms with Crippen molar-refractivity contribution in [1.82, 2.24) is 0 Å². The first-order valence-corrected chi connectivity index (χ1v) is 18.9. The third kappa shape index (κ3) is 6.02. The van der Waals surface area contributed by atoms with Crippen LogP contribution in [0, 0.1) is 0 Å². The van der Waals surface area contributed by atoms with Crippen LogP contribution < -0.4 is 4.90 Å². The molecule has 0 amide bonds. The number of fused-ring (bicyclic) bond motifs is 4. The van der Waals surface area contributed by atoms with Gasteiger partial charge in [0.05, 0.1) is 5.69 Å². The van der Waals surface area contributed by atoms with Gasteiger partial charge in [-0.15, -0.1) is 0 Å². The van der Waals surface area contributed by atoms with E-state index in [1.54, 1.807) is 0 Å². The second kappa shape index (κ2) is 14.0. The average molecular weight is 700 g/mol. The van der Waals surface area contributed by atoms with Crippen LogP contribution in [0.4, 0.5) is 17.1 Å². The summed E-state index contributed by atoms with van der Waals surface area (Å²) in [5, 5.41) is 7.52. The van der Waals surface area contributed by atoms with Crippen LogP contribution in [-0.2, 0) is 0 Å². The highest BCUT2D eigenvalue weighted by molar-refractivity contribution is 6.15. The van der Waals surface area contributed by atoms with Crippen LogP contribution in [0.1, 0.15) is 0 Å². The molecule has 0 aliphatic carbocycles. The fourth-order valence-electron chi connectivity index (χ4n) is 8.16. The average Bonchev–Trinajstić information content (AvgIpc) is 3.27. The summed E-state index contributed by atoms with van der Waals surface area (Å²) in [7, 11) is 0. The number of nitrogens with zero attached hydrogens (tertiary/aromatic N) is 1. The summed E-state index contributed by atoms with van der Waals surface area (Å²) in [5.74, 6) is 0. The Morgan fingerprint density at radius 1 is 0.236 bits per heavy atom. The molecule has 0 atom stereocenters. The van der Waals surface area contributed by atoms with E-state index in [1.165, 1.54) is 76.8 Å². The van der Waals surface area contributed by atoms with Crippen molar-refractivity contribution in [2.75, 3.05) is 4.90 Å². The Balaban J connectivity index is 1.11. The monoisotopic (exact) mass is 699 g/mol. The highest BCUT2D eigenvalue weighted by Crippen LogP contribution is 2.45. The van der Waals surface area contributed by atoms with E-state index in [1.807, 2.05) is 0 Å². The largest absolute Gasteiger partial charge is 0.310 e. The lowest BCUT2D eigenvalue weighted by Gasteiger charge is -2.28. The van der Waals surface area contributed by atoms with Gasteiger partial charge in [0.25, 0.3) is 0 Å². The van der Waals surface area contributed by atoms with Crippen molar-refractivity contribution in [2.45, 2.75) is 0 Å². The minimum Gasteiger partial charge on any atom is -0.310 e. The number of rotatable bonds is 7. The Morgan fingerprint density at radius 2 is 0.691 bits per heavy atom. The van der Waals surface area contributed by atoms with E-state index in [2.05, 4.69) is 229 Å². The number of benzene rings is 10. The molecule has 0 fully saturated rings. The van der Waals surface area contributed by atoms with E-state index in [0.29, 0.717) is 0 Å². The maximum Gasteiger partial charge on any atom is 0.0540 e. The van der Waals surface area contributed by atoms with Gasteiger partial charge in [0.2, 0.25) is 0 Å². The zero-order valence-electron chi connectivity index (χ0n) is 30.3. The smallest absolute Gasteiger partial charge is 0.0540 e. The molecule has 0 spiro atoms. The minimum atomic E-state index is 1.10. The summed E-state index contributed by atoms with van der Waals surface area (Å²) >= 11 is 0. The SMILES string of the molecule is c1ccc(-c2ccc(-c3ccc(N(c4ccc(-c5cccc6ccccc56)cc4)c4ccccc4-c4cc5ccccc5c5ccccc45)cc3)cc2)cc1. The molecular weight excluding hydrogens is 663 g/mol. The highest BCUT2D eigenvalue weighted by atomic mass is 15.1. The molecule has 0 N–H and O–H groups in total. The fourth-order valence-corrected chi connectivity index (χ4v) is 8.16. The lowest BCUT2D eigenvalue weighted by molar-refractivity contribution is 1.28. The summed E-state index contributed by atoms with van der Waals surface area (Å²) < 4.78 is 0. The van der Waals surface area contributed by atoms with Gasteiger partial charge in [0.15, 0.2) is 0 Å². The summed E-state index contributed by atoms with van der Waals surface area (Å²) in [6, 6.07) is 81.4. The summed E-state index contributed by atoms with van der Waals surface area (Å²) in [4.78, 5) is 2.41. The van der Waals surface area contributed by atoms with Gasteiger partial charge in [-0.2, -0.15) is 0 Å². The molecule has 0 radical (unpaired) electrons. The third-order valence-corrected chi connectivity index (χ3v) is 10.9. The minimum absolute atomic E-state index is 1.10. The van der Waals surface area contributed by atoms with Gasteiger partial charge < -0.3 is 4.90 Å². The van der Waals surface area contributed by atoms with Crippen LogP contribution in [0.3, 0.4) is 0 Å². The van der Waals surface area contributed by atoms with Gasteiger partial charge >= 0.3 is 0 Å². The number of hydrogen-bond acceptors (Lipinski definition) is 1. The van der Waals surface area contributed by atoms with E-state index in [0.717, 1.165) is 17.1 Å². The van der Waals surface area contributed by atoms with Crippen molar-refractivity contribution < 1.29 is 0 Å². The van der Waals surface area contributed by atoms with Gasteiger partial charge in [-0.3, -0.25) is 0 Å². The molecule has 0 aliphatic rings. The van der Waals surface area contributed by atoms with Gasteiger partial charge in [-0.25, -0.2) is 0 Å². The lowest BCUT2D eigenvalue weighted by Crippen LogP contribution is -2.11. The van der Waals surface area contributed by atoms with Crippen molar-refractivity contribution in [3.05, 3.63) is 224 Å². The van der Waals surface area contributed by atoms with Crippen LogP contribution in [0.25, 0.3) is 76.8 Å². The first-order chi connectivity index (χ1) is 27.3. The van der Waals surface area contributed by atoms with Crippen LogP contribution >= 0.6 is 0 Å². The number of anilines is 3. The van der Waals surface area contributed by atoms with Gasteiger partial charge in [0, 0.05) is 16.9 Å². The molecule has 10 aromatic carbocycles. The van der Waals surface area contributed by atoms with E-state index in [9.17, 15) is 0 Å². The molecule has 0 aliphatic heterocycles.